The number of nitrogens with zero attached hydrogens (tertiary/aromatic N) is 5. The van der Waals surface area contributed by atoms with Crippen LogP contribution in [0, 0.1) is 0 Å². The van der Waals surface area contributed by atoms with Crippen LogP contribution in [-0.2, 0) is 17.8 Å². The minimum absolute atomic E-state index is 0.0729. The molecule has 5 aromatic rings. The standard InChI is InChI=1S/C27H27N7O2/c35-27(22-6-3-7-24-23(22)16-31-34(24)26-8-1-2-12-36-26)30-15-21-18-33-17-20(9-10-25(33)32-21)29-14-19-5-4-11-28-13-19/h3-7,9-11,13,16-18,26,29H,1-2,8,12,14-15H2,(H,30,35). The molecule has 5 heterocycles. The van der Waals surface area contributed by atoms with Gasteiger partial charge >= 0.3 is 0 Å². The van der Waals surface area contributed by atoms with E-state index in [-0.39, 0.29) is 12.1 Å². The third-order valence-electron chi connectivity index (χ3n) is 6.46. The van der Waals surface area contributed by atoms with Crippen LogP contribution in [0.2, 0.25) is 0 Å². The van der Waals surface area contributed by atoms with Crippen molar-refractivity contribution in [3.63, 3.8) is 0 Å². The van der Waals surface area contributed by atoms with Crippen molar-refractivity contribution < 1.29 is 9.53 Å². The van der Waals surface area contributed by atoms with Crippen LogP contribution >= 0.6 is 0 Å². The molecule has 0 bridgehead atoms. The van der Waals surface area contributed by atoms with Crippen LogP contribution in [0.25, 0.3) is 16.6 Å². The maximum atomic E-state index is 13.1. The number of carbonyl (C=O) groups excluding carboxylic acids is 1. The van der Waals surface area contributed by atoms with Gasteiger partial charge in [-0.15, -0.1) is 0 Å². The summed E-state index contributed by atoms with van der Waals surface area (Å²) in [5.74, 6) is -0.152. The normalized spacial score (nSPS) is 15.8. The molecule has 2 N–H and O–H groups in total. The number of nitrogens with one attached hydrogen (secondary N) is 2. The minimum Gasteiger partial charge on any atom is -0.380 e. The van der Waals surface area contributed by atoms with E-state index in [2.05, 4.69) is 25.7 Å². The highest BCUT2D eigenvalue weighted by Crippen LogP contribution is 2.27. The van der Waals surface area contributed by atoms with Crippen molar-refractivity contribution in [3.05, 3.63) is 90.3 Å². The molecule has 1 atom stereocenters. The number of amides is 1. The van der Waals surface area contributed by atoms with Crippen LogP contribution in [0.4, 0.5) is 5.69 Å². The molecule has 9 heteroatoms. The zero-order valence-electron chi connectivity index (χ0n) is 19.8. The molecule has 1 aliphatic rings. The molecule has 0 saturated carbocycles. The van der Waals surface area contributed by atoms with Crippen LogP contribution in [-0.4, -0.2) is 36.7 Å². The second-order valence-corrected chi connectivity index (χ2v) is 8.96. The van der Waals surface area contributed by atoms with E-state index in [9.17, 15) is 4.79 Å². The first-order valence-corrected chi connectivity index (χ1v) is 12.2. The minimum atomic E-state index is -0.152. The number of anilines is 1. The summed E-state index contributed by atoms with van der Waals surface area (Å²) in [7, 11) is 0. The molecule has 1 amide bonds. The SMILES string of the molecule is O=C(NCc1cn2cc(NCc3cccnc3)ccc2n1)c1cccc2c1cnn2C1CCCCO1. The van der Waals surface area contributed by atoms with E-state index in [0.717, 1.165) is 59.4 Å². The number of pyridine rings is 2. The molecule has 6 rings (SSSR count). The monoisotopic (exact) mass is 481 g/mol. The maximum absolute atomic E-state index is 13.1. The Morgan fingerprint density at radius 2 is 2.03 bits per heavy atom. The maximum Gasteiger partial charge on any atom is 0.252 e. The van der Waals surface area contributed by atoms with E-state index >= 15 is 0 Å². The summed E-state index contributed by atoms with van der Waals surface area (Å²) in [6, 6.07) is 13.6. The van der Waals surface area contributed by atoms with Gasteiger partial charge in [0.05, 0.1) is 35.2 Å². The zero-order chi connectivity index (χ0) is 24.3. The van der Waals surface area contributed by atoms with Gasteiger partial charge < -0.3 is 19.8 Å². The fourth-order valence-corrected chi connectivity index (χ4v) is 4.62. The number of hydrogen-bond donors (Lipinski definition) is 2. The molecule has 1 aliphatic heterocycles. The third kappa shape index (κ3) is 4.52. The molecule has 1 fully saturated rings. The second kappa shape index (κ2) is 9.79. The van der Waals surface area contributed by atoms with Crippen molar-refractivity contribution in [1.82, 2.24) is 29.5 Å². The first-order valence-electron chi connectivity index (χ1n) is 12.2. The average Bonchev–Trinajstić information content (AvgIpc) is 3.55. The Morgan fingerprint density at radius 3 is 2.89 bits per heavy atom. The number of benzene rings is 1. The predicted octanol–water partition coefficient (Wildman–Crippen LogP) is 4.32. The summed E-state index contributed by atoms with van der Waals surface area (Å²) in [4.78, 5) is 21.9. The van der Waals surface area contributed by atoms with E-state index in [0.29, 0.717) is 18.7 Å². The Morgan fingerprint density at radius 1 is 1.06 bits per heavy atom. The molecule has 182 valence electrons. The summed E-state index contributed by atoms with van der Waals surface area (Å²) in [5.41, 5.74) is 5.20. The average molecular weight is 482 g/mol. The molecular weight excluding hydrogens is 454 g/mol. The van der Waals surface area contributed by atoms with Crippen LogP contribution in [0.15, 0.2) is 73.4 Å². The van der Waals surface area contributed by atoms with Crippen LogP contribution in [0.3, 0.4) is 0 Å². The van der Waals surface area contributed by atoms with Gasteiger partial charge in [0.25, 0.3) is 5.91 Å². The molecule has 1 aromatic carbocycles. The molecule has 9 nitrogen and oxygen atoms in total. The molecule has 1 unspecified atom stereocenters. The van der Waals surface area contributed by atoms with Crippen molar-refractivity contribution in [2.45, 2.75) is 38.6 Å². The van der Waals surface area contributed by atoms with E-state index in [1.807, 2.05) is 70.1 Å². The lowest BCUT2D eigenvalue weighted by atomic mass is 10.1. The quantitative estimate of drug-likeness (QED) is 0.359. The predicted molar refractivity (Wildman–Crippen MR) is 136 cm³/mol. The highest BCUT2D eigenvalue weighted by atomic mass is 16.5. The smallest absolute Gasteiger partial charge is 0.252 e. The van der Waals surface area contributed by atoms with Gasteiger partial charge in [-0.2, -0.15) is 5.10 Å². The lowest BCUT2D eigenvalue weighted by molar-refractivity contribution is -0.0366. The number of imidazole rings is 1. The van der Waals surface area contributed by atoms with Gasteiger partial charge in [-0.3, -0.25) is 9.78 Å². The number of carbonyl (C=O) groups is 1. The number of fused-ring (bicyclic) bond motifs is 2. The molecule has 4 aromatic heterocycles. The highest BCUT2D eigenvalue weighted by Gasteiger charge is 2.20. The van der Waals surface area contributed by atoms with Gasteiger partial charge in [0.15, 0.2) is 6.23 Å². The summed E-state index contributed by atoms with van der Waals surface area (Å²) < 4.78 is 9.75. The van der Waals surface area contributed by atoms with Gasteiger partial charge in [0, 0.05) is 43.3 Å². The summed E-state index contributed by atoms with van der Waals surface area (Å²) in [6.45, 7) is 1.76. The van der Waals surface area contributed by atoms with Crippen molar-refractivity contribution >= 4 is 28.1 Å². The Labute approximate surface area is 208 Å². The fourth-order valence-electron chi connectivity index (χ4n) is 4.62. The fraction of sp³-hybridized carbons (Fsp3) is 0.259. The first-order chi connectivity index (χ1) is 17.7. The third-order valence-corrected chi connectivity index (χ3v) is 6.46. The number of ether oxygens (including phenoxy) is 1. The van der Waals surface area contributed by atoms with E-state index in [1.165, 1.54) is 0 Å². The van der Waals surface area contributed by atoms with E-state index < -0.39 is 0 Å². The van der Waals surface area contributed by atoms with Crippen molar-refractivity contribution in [3.8, 4) is 0 Å². The Bertz CT molecular complexity index is 1500. The van der Waals surface area contributed by atoms with Crippen molar-refractivity contribution in [1.29, 1.82) is 0 Å². The number of hydrogen-bond acceptors (Lipinski definition) is 6. The lowest BCUT2D eigenvalue weighted by Crippen LogP contribution is -2.23. The second-order valence-electron chi connectivity index (χ2n) is 8.96. The topological polar surface area (TPSA) is 98.4 Å². The molecule has 36 heavy (non-hydrogen) atoms. The molecule has 1 saturated heterocycles. The molecular formula is C27H27N7O2. The summed E-state index contributed by atoms with van der Waals surface area (Å²) in [5, 5.41) is 11.8. The van der Waals surface area contributed by atoms with Gasteiger partial charge in [-0.25, -0.2) is 9.67 Å². The zero-order valence-corrected chi connectivity index (χ0v) is 19.8. The lowest BCUT2D eigenvalue weighted by Gasteiger charge is -2.23. The van der Waals surface area contributed by atoms with Crippen molar-refractivity contribution in [2.75, 3.05) is 11.9 Å². The van der Waals surface area contributed by atoms with Gasteiger partial charge in [0.2, 0.25) is 0 Å². The first kappa shape index (κ1) is 22.2. The molecule has 0 spiro atoms. The van der Waals surface area contributed by atoms with Gasteiger partial charge in [-0.1, -0.05) is 12.1 Å². The Balaban J connectivity index is 1.14. The van der Waals surface area contributed by atoms with Crippen LogP contribution in [0.1, 0.15) is 47.1 Å². The highest BCUT2D eigenvalue weighted by molar-refractivity contribution is 6.06. The van der Waals surface area contributed by atoms with Crippen LogP contribution in [0.5, 0.6) is 0 Å². The molecule has 0 radical (unpaired) electrons. The Hall–Kier alpha value is -4.24. The van der Waals surface area contributed by atoms with E-state index in [1.54, 1.807) is 12.4 Å². The molecule has 0 aliphatic carbocycles. The largest absolute Gasteiger partial charge is 0.380 e. The van der Waals surface area contributed by atoms with Crippen LogP contribution < -0.4 is 10.6 Å². The van der Waals surface area contributed by atoms with Gasteiger partial charge in [0.1, 0.15) is 5.65 Å². The number of aromatic nitrogens is 5. The number of rotatable bonds is 7. The summed E-state index contributed by atoms with van der Waals surface area (Å²) in [6.07, 6.45) is 12.4. The van der Waals surface area contributed by atoms with E-state index in [4.69, 9.17) is 4.74 Å². The Kier molecular flexibility index (Phi) is 6.05. The van der Waals surface area contributed by atoms with Gasteiger partial charge in [-0.05, 0) is 55.2 Å². The summed E-state index contributed by atoms with van der Waals surface area (Å²) >= 11 is 0. The van der Waals surface area contributed by atoms with Crippen molar-refractivity contribution in [2.24, 2.45) is 0 Å².